The fourth-order valence-corrected chi connectivity index (χ4v) is 3.21. The number of aromatic amines is 1. The second-order valence-electron chi connectivity index (χ2n) is 6.82. The quantitative estimate of drug-likeness (QED) is 0.435. The number of anilines is 2. The Kier molecular flexibility index (Phi) is 5.52. The van der Waals surface area contributed by atoms with Crippen molar-refractivity contribution >= 4 is 28.3 Å². The van der Waals surface area contributed by atoms with Gasteiger partial charge in [0.25, 0.3) is 0 Å². The first-order valence-corrected chi connectivity index (χ1v) is 9.46. The van der Waals surface area contributed by atoms with Gasteiger partial charge in [-0.05, 0) is 47.9 Å². The molecule has 0 aliphatic heterocycles. The lowest BCUT2D eigenvalue weighted by Gasteiger charge is -2.08. The number of nitrogens with zero attached hydrogens (tertiary/aromatic N) is 1. The Labute approximate surface area is 168 Å². The van der Waals surface area contributed by atoms with Crippen molar-refractivity contribution in [3.63, 3.8) is 0 Å². The molecule has 0 aliphatic carbocycles. The van der Waals surface area contributed by atoms with Crippen LogP contribution in [0.4, 0.5) is 15.9 Å². The number of pyridine rings is 1. The highest BCUT2D eigenvalue weighted by Crippen LogP contribution is 2.19. The summed E-state index contributed by atoms with van der Waals surface area (Å²) in [6, 6.07) is 18.0. The Bertz CT molecular complexity index is 1100. The highest BCUT2D eigenvalue weighted by Gasteiger charge is 2.09. The molecule has 0 spiro atoms. The van der Waals surface area contributed by atoms with Crippen LogP contribution in [0.5, 0.6) is 0 Å². The van der Waals surface area contributed by atoms with Crippen LogP contribution in [-0.2, 0) is 17.6 Å². The Balaban J connectivity index is 1.28. The zero-order valence-electron chi connectivity index (χ0n) is 15.8. The Morgan fingerprint density at radius 3 is 2.66 bits per heavy atom. The molecule has 6 heteroatoms. The highest BCUT2D eigenvalue weighted by molar-refractivity contribution is 5.95. The number of halogens is 1. The minimum Gasteiger partial charge on any atom is -0.370 e. The molecule has 0 atom stereocenters. The van der Waals surface area contributed by atoms with Crippen molar-refractivity contribution < 1.29 is 9.18 Å². The predicted octanol–water partition coefficient (Wildman–Crippen LogP) is 4.54. The molecule has 2 aromatic heterocycles. The van der Waals surface area contributed by atoms with Gasteiger partial charge in [-0.2, -0.15) is 0 Å². The lowest BCUT2D eigenvalue weighted by molar-refractivity contribution is -0.115. The summed E-state index contributed by atoms with van der Waals surface area (Å²) in [7, 11) is 0. The van der Waals surface area contributed by atoms with E-state index >= 15 is 0 Å². The van der Waals surface area contributed by atoms with Gasteiger partial charge in [-0.3, -0.25) is 4.79 Å². The van der Waals surface area contributed by atoms with E-state index in [0.29, 0.717) is 18.7 Å². The number of H-pyrrole nitrogens is 1. The third-order valence-corrected chi connectivity index (χ3v) is 4.71. The monoisotopic (exact) mass is 388 g/mol. The van der Waals surface area contributed by atoms with Gasteiger partial charge in [0, 0.05) is 23.6 Å². The van der Waals surface area contributed by atoms with Crippen molar-refractivity contribution in [1.82, 2.24) is 9.97 Å². The molecule has 0 aliphatic rings. The van der Waals surface area contributed by atoms with E-state index in [1.165, 1.54) is 12.1 Å². The number of carbonyl (C=O) groups is 1. The van der Waals surface area contributed by atoms with Crippen molar-refractivity contribution in [3.8, 4) is 0 Å². The van der Waals surface area contributed by atoms with E-state index < -0.39 is 0 Å². The summed E-state index contributed by atoms with van der Waals surface area (Å²) < 4.78 is 12.9. The first-order chi connectivity index (χ1) is 14.2. The van der Waals surface area contributed by atoms with Gasteiger partial charge in [0.1, 0.15) is 11.6 Å². The van der Waals surface area contributed by atoms with Crippen LogP contribution >= 0.6 is 0 Å². The number of nitrogens with one attached hydrogen (secondary N) is 3. The summed E-state index contributed by atoms with van der Waals surface area (Å²) in [6.45, 7) is 0.685. The molecule has 0 saturated carbocycles. The summed E-state index contributed by atoms with van der Waals surface area (Å²) >= 11 is 0. The molecule has 146 valence electrons. The maximum absolute atomic E-state index is 12.9. The summed E-state index contributed by atoms with van der Waals surface area (Å²) in [5.41, 5.74) is 3.69. The van der Waals surface area contributed by atoms with Gasteiger partial charge in [0.05, 0.1) is 18.3 Å². The molecule has 0 fully saturated rings. The van der Waals surface area contributed by atoms with Crippen LogP contribution in [0.15, 0.2) is 73.1 Å². The number of rotatable bonds is 7. The van der Waals surface area contributed by atoms with E-state index in [1.807, 2.05) is 42.6 Å². The summed E-state index contributed by atoms with van der Waals surface area (Å²) in [5, 5.41) is 7.16. The lowest BCUT2D eigenvalue weighted by atomic mass is 10.1. The zero-order chi connectivity index (χ0) is 20.1. The molecule has 1 amide bonds. The fourth-order valence-electron chi connectivity index (χ4n) is 3.21. The topological polar surface area (TPSA) is 69.8 Å². The second-order valence-corrected chi connectivity index (χ2v) is 6.82. The van der Waals surface area contributed by atoms with Gasteiger partial charge in [-0.25, -0.2) is 9.37 Å². The molecule has 0 radical (unpaired) electrons. The maximum atomic E-state index is 12.9. The third-order valence-electron chi connectivity index (χ3n) is 4.71. The second kappa shape index (κ2) is 8.56. The van der Waals surface area contributed by atoms with Gasteiger partial charge >= 0.3 is 0 Å². The molecule has 4 rings (SSSR count). The van der Waals surface area contributed by atoms with Crippen LogP contribution in [0.25, 0.3) is 10.9 Å². The average molecular weight is 388 g/mol. The number of fused-ring (bicyclic) bond motifs is 1. The van der Waals surface area contributed by atoms with Crippen LogP contribution in [0.3, 0.4) is 0 Å². The molecule has 0 unspecified atom stereocenters. The number of carbonyl (C=O) groups excluding carboxylic acids is 1. The van der Waals surface area contributed by atoms with Crippen LogP contribution in [-0.4, -0.2) is 22.4 Å². The van der Waals surface area contributed by atoms with Crippen molar-refractivity contribution in [3.05, 3.63) is 90.0 Å². The van der Waals surface area contributed by atoms with Gasteiger partial charge in [0.15, 0.2) is 0 Å². The highest BCUT2D eigenvalue weighted by atomic mass is 19.1. The molecule has 3 N–H and O–H groups in total. The van der Waals surface area contributed by atoms with Crippen molar-refractivity contribution in [1.29, 1.82) is 0 Å². The molecule has 0 saturated heterocycles. The Hall–Kier alpha value is -3.67. The normalized spacial score (nSPS) is 10.8. The number of aromatic nitrogens is 2. The SMILES string of the molecule is O=C(Cc1c[nH]c2ccccc12)Nc1ccc(NCCc2ccc(F)cc2)nc1. The Morgan fingerprint density at radius 1 is 1.03 bits per heavy atom. The predicted molar refractivity (Wildman–Crippen MR) is 113 cm³/mol. The standard InChI is InChI=1S/C23H21FN4O/c24-18-7-5-16(6-8-18)11-12-25-22-10-9-19(15-27-22)28-23(29)13-17-14-26-21-4-2-1-3-20(17)21/h1-10,14-15,26H,11-13H2,(H,25,27)(H,28,29). The maximum Gasteiger partial charge on any atom is 0.228 e. The molecule has 0 bridgehead atoms. The molecule has 2 heterocycles. The van der Waals surface area contributed by atoms with E-state index in [1.54, 1.807) is 18.3 Å². The number of benzene rings is 2. The van der Waals surface area contributed by atoms with Crippen molar-refractivity contribution in [2.24, 2.45) is 0 Å². The van der Waals surface area contributed by atoms with Gasteiger partial charge in [-0.15, -0.1) is 0 Å². The number of hydrogen-bond acceptors (Lipinski definition) is 3. The van der Waals surface area contributed by atoms with Crippen LogP contribution in [0.1, 0.15) is 11.1 Å². The number of hydrogen-bond donors (Lipinski definition) is 3. The largest absolute Gasteiger partial charge is 0.370 e. The van der Waals surface area contributed by atoms with E-state index in [2.05, 4.69) is 20.6 Å². The van der Waals surface area contributed by atoms with E-state index in [4.69, 9.17) is 0 Å². The molecule has 4 aromatic rings. The molecule has 29 heavy (non-hydrogen) atoms. The van der Waals surface area contributed by atoms with Crippen molar-refractivity contribution in [2.45, 2.75) is 12.8 Å². The first-order valence-electron chi connectivity index (χ1n) is 9.46. The summed E-state index contributed by atoms with van der Waals surface area (Å²) in [4.78, 5) is 19.9. The summed E-state index contributed by atoms with van der Waals surface area (Å²) in [5.74, 6) is 0.404. The molecular weight excluding hydrogens is 367 g/mol. The van der Waals surface area contributed by atoms with Crippen LogP contribution < -0.4 is 10.6 Å². The van der Waals surface area contributed by atoms with E-state index in [9.17, 15) is 9.18 Å². The smallest absolute Gasteiger partial charge is 0.228 e. The first kappa shape index (κ1) is 18.7. The molecular formula is C23H21FN4O. The third kappa shape index (κ3) is 4.79. The number of amides is 1. The van der Waals surface area contributed by atoms with Crippen LogP contribution in [0, 0.1) is 5.82 Å². The van der Waals surface area contributed by atoms with E-state index in [-0.39, 0.29) is 11.7 Å². The molecule has 5 nitrogen and oxygen atoms in total. The Morgan fingerprint density at radius 2 is 1.86 bits per heavy atom. The van der Waals surface area contributed by atoms with Crippen molar-refractivity contribution in [2.75, 3.05) is 17.2 Å². The lowest BCUT2D eigenvalue weighted by Crippen LogP contribution is -2.14. The average Bonchev–Trinajstić information content (AvgIpc) is 3.14. The molecule has 2 aromatic carbocycles. The minimum absolute atomic E-state index is 0.0893. The fraction of sp³-hybridized carbons (Fsp3) is 0.130. The minimum atomic E-state index is -0.231. The number of para-hydroxylation sites is 1. The van der Waals surface area contributed by atoms with Gasteiger partial charge in [-0.1, -0.05) is 30.3 Å². The zero-order valence-corrected chi connectivity index (χ0v) is 15.8. The summed E-state index contributed by atoms with van der Waals surface area (Å²) in [6.07, 6.45) is 4.57. The van der Waals surface area contributed by atoms with Crippen LogP contribution in [0.2, 0.25) is 0 Å². The van der Waals surface area contributed by atoms with Gasteiger partial charge < -0.3 is 15.6 Å². The van der Waals surface area contributed by atoms with Gasteiger partial charge in [0.2, 0.25) is 5.91 Å². The van der Waals surface area contributed by atoms with E-state index in [0.717, 1.165) is 34.3 Å².